The number of hydrogen-bond donors (Lipinski definition) is 9. The lowest BCUT2D eigenvalue weighted by atomic mass is 10.0. The molecule has 0 radical (unpaired) electrons. The first-order valence-electron chi connectivity index (χ1n) is 4.26. The van der Waals surface area contributed by atoms with Gasteiger partial charge in [0.1, 0.15) is 24.4 Å². The van der Waals surface area contributed by atoms with Crippen LogP contribution < -0.4 is 0 Å². The third-order valence-electron chi connectivity index (χ3n) is 1.51. The Bertz CT molecular complexity index is 140. The van der Waals surface area contributed by atoms with E-state index in [1.165, 1.54) is 0 Å². The van der Waals surface area contributed by atoms with Gasteiger partial charge in [-0.1, -0.05) is 0 Å². The summed E-state index contributed by atoms with van der Waals surface area (Å²) in [7, 11) is -3.14. The van der Waals surface area contributed by atoms with Crippen LogP contribution in [-0.2, 0) is 0 Å². The minimum atomic E-state index is -3.14. The molecule has 0 saturated heterocycles. The van der Waals surface area contributed by atoms with E-state index in [0.717, 1.165) is 0 Å². The van der Waals surface area contributed by atoms with Crippen molar-refractivity contribution in [1.29, 1.82) is 0 Å². The van der Waals surface area contributed by atoms with E-state index in [4.69, 9.17) is 45.0 Å². The molecule has 9 nitrogen and oxygen atoms in total. The van der Waals surface area contributed by atoms with Crippen LogP contribution in [0.2, 0.25) is 0 Å². The van der Waals surface area contributed by atoms with E-state index in [-0.39, 0.29) is 0 Å². The molecule has 0 spiro atoms. The van der Waals surface area contributed by atoms with Crippen molar-refractivity contribution in [3.8, 4) is 0 Å². The Morgan fingerprint density at radius 2 is 0.875 bits per heavy atom. The lowest BCUT2D eigenvalue weighted by molar-refractivity contribution is -0.123. The van der Waals surface area contributed by atoms with Gasteiger partial charge in [0.15, 0.2) is 0 Å². The average Bonchev–Trinajstić information content (AvgIpc) is 2.24. The van der Waals surface area contributed by atoms with Gasteiger partial charge in [-0.05, 0) is 0 Å². The van der Waals surface area contributed by atoms with Gasteiger partial charge in [0, 0.05) is 0 Å². The van der Waals surface area contributed by atoms with Crippen LogP contribution in [0, 0.1) is 0 Å². The van der Waals surface area contributed by atoms with Crippen LogP contribution in [0.4, 0.5) is 0 Å². The van der Waals surface area contributed by atoms with Crippen LogP contribution in [0.15, 0.2) is 0 Å². The highest BCUT2D eigenvalue weighted by molar-refractivity contribution is 6.30. The molecule has 0 aliphatic rings. The van der Waals surface area contributed by atoms with Crippen LogP contribution in [0.1, 0.15) is 0 Å². The predicted octanol–water partition coefficient (Wildman–Crippen LogP) is -5.90. The van der Waals surface area contributed by atoms with Crippen molar-refractivity contribution in [2.24, 2.45) is 0 Å². The fourth-order valence-corrected chi connectivity index (χ4v) is 0.671. The summed E-state index contributed by atoms with van der Waals surface area (Å²) in [6, 6.07) is 0. The molecule has 0 aromatic heterocycles. The zero-order valence-electron chi connectivity index (χ0n) is 8.33. The van der Waals surface area contributed by atoms with E-state index in [1.54, 1.807) is 0 Å². The lowest BCUT2D eigenvalue weighted by Gasteiger charge is -2.24. The molecule has 0 rings (SSSR count). The molecule has 10 heteroatoms. The molecule has 0 aromatic rings. The molecule has 0 fully saturated rings. The predicted molar refractivity (Wildman–Crippen MR) is 52.0 cm³/mol. The first-order chi connectivity index (χ1) is 7.27. The minimum Gasteiger partial charge on any atom is -0.394 e. The maximum atomic E-state index is 8.96. The van der Waals surface area contributed by atoms with E-state index >= 15 is 0 Å². The zero-order chi connectivity index (χ0) is 13.3. The molecule has 16 heavy (non-hydrogen) atoms. The van der Waals surface area contributed by atoms with Gasteiger partial charge < -0.3 is 45.0 Å². The highest BCUT2D eigenvalue weighted by Crippen LogP contribution is 2.03. The summed E-state index contributed by atoms with van der Waals surface area (Å²) in [6.45, 7) is -1.45. The van der Waals surface area contributed by atoms with Crippen molar-refractivity contribution in [1.82, 2.24) is 0 Å². The summed E-state index contributed by atoms with van der Waals surface area (Å²) in [6.07, 6.45) is -6.39. The fourth-order valence-electron chi connectivity index (χ4n) is 0.671. The molecule has 4 unspecified atom stereocenters. The first kappa shape index (κ1) is 18.2. The molecule has 4 atom stereocenters. The Morgan fingerprint density at radius 1 is 0.688 bits per heavy atom. The SMILES string of the molecule is OCC(O)C(O)C(O)C(O)CO.O[SiH](O)O. The van der Waals surface area contributed by atoms with Crippen LogP contribution in [0.3, 0.4) is 0 Å². The molecular formula is C6H18O9Si. The molecule has 0 heterocycles. The average molecular weight is 262 g/mol. The van der Waals surface area contributed by atoms with Gasteiger partial charge in [-0.3, -0.25) is 0 Å². The topological polar surface area (TPSA) is 182 Å². The molecule has 100 valence electrons. The second kappa shape index (κ2) is 10.0. The van der Waals surface area contributed by atoms with Gasteiger partial charge in [-0.2, -0.15) is 0 Å². The Hall–Kier alpha value is -0.143. The number of aliphatic hydroxyl groups is 6. The minimum absolute atomic E-state index is 0.726. The second-order valence-corrected chi connectivity index (χ2v) is 3.52. The highest BCUT2D eigenvalue weighted by Gasteiger charge is 2.29. The van der Waals surface area contributed by atoms with Crippen LogP contribution in [0.25, 0.3) is 0 Å². The van der Waals surface area contributed by atoms with E-state index in [1.807, 2.05) is 0 Å². The fraction of sp³-hybridized carbons (Fsp3) is 1.00. The van der Waals surface area contributed by atoms with Crippen LogP contribution in [-0.4, -0.2) is 92.2 Å². The monoisotopic (exact) mass is 262 g/mol. The van der Waals surface area contributed by atoms with Gasteiger partial charge in [0.05, 0.1) is 13.2 Å². The number of rotatable bonds is 5. The van der Waals surface area contributed by atoms with Gasteiger partial charge in [-0.15, -0.1) is 0 Å². The molecule has 0 aliphatic carbocycles. The molecule has 0 saturated carbocycles. The normalized spacial score (nSPS) is 18.4. The summed E-state index contributed by atoms with van der Waals surface area (Å²) in [5, 5.41) is 52.2. The van der Waals surface area contributed by atoms with Gasteiger partial charge in [-0.25, -0.2) is 0 Å². The maximum absolute atomic E-state index is 8.96. The van der Waals surface area contributed by atoms with Crippen molar-refractivity contribution >= 4 is 9.53 Å². The van der Waals surface area contributed by atoms with Crippen molar-refractivity contribution in [3.05, 3.63) is 0 Å². The van der Waals surface area contributed by atoms with Crippen LogP contribution >= 0.6 is 0 Å². The molecular weight excluding hydrogens is 244 g/mol. The summed E-state index contributed by atoms with van der Waals surface area (Å²) >= 11 is 0. The first-order valence-corrected chi connectivity index (χ1v) is 5.81. The quantitative estimate of drug-likeness (QED) is 0.218. The number of hydrogen-bond acceptors (Lipinski definition) is 9. The Balaban J connectivity index is 0. The van der Waals surface area contributed by atoms with Gasteiger partial charge >= 0.3 is 9.53 Å². The third kappa shape index (κ3) is 9.11. The molecule has 0 aromatic carbocycles. The van der Waals surface area contributed by atoms with E-state index in [9.17, 15) is 0 Å². The Kier molecular flexibility index (Phi) is 11.4. The Morgan fingerprint density at radius 3 is 1.00 bits per heavy atom. The van der Waals surface area contributed by atoms with E-state index < -0.39 is 47.2 Å². The summed E-state index contributed by atoms with van der Waals surface area (Å²) in [5.74, 6) is 0. The summed E-state index contributed by atoms with van der Waals surface area (Å²) in [4.78, 5) is 21.9. The molecule has 0 amide bonds. The largest absolute Gasteiger partial charge is 0.475 e. The highest BCUT2D eigenvalue weighted by atomic mass is 28.3. The van der Waals surface area contributed by atoms with Gasteiger partial charge in [0.2, 0.25) is 0 Å². The zero-order valence-corrected chi connectivity index (χ0v) is 9.48. The van der Waals surface area contributed by atoms with E-state index in [2.05, 4.69) is 0 Å². The Labute approximate surface area is 93.1 Å². The molecule has 0 bridgehead atoms. The molecule has 0 aliphatic heterocycles. The van der Waals surface area contributed by atoms with Crippen molar-refractivity contribution in [3.63, 3.8) is 0 Å². The number of aliphatic hydroxyl groups excluding tert-OH is 6. The molecule has 9 N–H and O–H groups in total. The van der Waals surface area contributed by atoms with E-state index in [0.29, 0.717) is 0 Å². The third-order valence-corrected chi connectivity index (χ3v) is 1.51. The standard InChI is InChI=1S/C6H14O6.H4O3Si/c7-1-3(9)5(11)6(12)4(10)2-8;1-4(2)3/h3-12H,1-2H2;1-4H. The smallest absolute Gasteiger partial charge is 0.394 e. The lowest BCUT2D eigenvalue weighted by Crippen LogP contribution is -2.46. The van der Waals surface area contributed by atoms with Crippen LogP contribution in [0.5, 0.6) is 0 Å². The second-order valence-electron chi connectivity index (χ2n) is 2.83. The van der Waals surface area contributed by atoms with Crippen molar-refractivity contribution in [2.75, 3.05) is 13.2 Å². The van der Waals surface area contributed by atoms with Gasteiger partial charge in [0.25, 0.3) is 0 Å². The van der Waals surface area contributed by atoms with Crippen molar-refractivity contribution < 1.29 is 45.0 Å². The van der Waals surface area contributed by atoms with Crippen molar-refractivity contribution in [2.45, 2.75) is 24.4 Å². The summed E-state index contributed by atoms with van der Waals surface area (Å²) in [5.41, 5.74) is 0. The maximum Gasteiger partial charge on any atom is 0.475 e. The summed E-state index contributed by atoms with van der Waals surface area (Å²) < 4.78 is 0.